The van der Waals surface area contributed by atoms with E-state index in [0.717, 1.165) is 24.4 Å². The van der Waals surface area contributed by atoms with E-state index in [4.69, 9.17) is 0 Å². The van der Waals surface area contributed by atoms with Crippen molar-refractivity contribution in [1.29, 1.82) is 0 Å². The Labute approximate surface area is 165 Å². The third-order valence-corrected chi connectivity index (χ3v) is 5.47. The highest BCUT2D eigenvalue weighted by atomic mass is 16.1. The number of hydrogen-bond donors (Lipinski definition) is 1. The molecule has 1 aromatic carbocycles. The first-order chi connectivity index (χ1) is 13.6. The summed E-state index contributed by atoms with van der Waals surface area (Å²) in [5.41, 5.74) is 4.31. The van der Waals surface area contributed by atoms with Crippen molar-refractivity contribution in [2.24, 2.45) is 0 Å². The summed E-state index contributed by atoms with van der Waals surface area (Å²) in [6.45, 7) is 4.80. The number of carbonyl (C=O) groups excluding carboxylic acids is 1. The molecule has 0 radical (unpaired) electrons. The number of amides is 1. The summed E-state index contributed by atoms with van der Waals surface area (Å²) in [6, 6.07) is 14.3. The first-order valence-corrected chi connectivity index (χ1v) is 10.0. The van der Waals surface area contributed by atoms with Crippen LogP contribution in [0, 0.1) is 0 Å². The maximum Gasteiger partial charge on any atom is 0.254 e. The summed E-state index contributed by atoms with van der Waals surface area (Å²) in [4.78, 5) is 17.4. The molecule has 5 heteroatoms. The van der Waals surface area contributed by atoms with Gasteiger partial charge in [0.1, 0.15) is 0 Å². The smallest absolute Gasteiger partial charge is 0.254 e. The van der Waals surface area contributed by atoms with Crippen molar-refractivity contribution in [2.75, 3.05) is 6.54 Å². The molecule has 1 aliphatic carbocycles. The van der Waals surface area contributed by atoms with Gasteiger partial charge >= 0.3 is 0 Å². The van der Waals surface area contributed by atoms with Crippen LogP contribution in [-0.4, -0.2) is 27.2 Å². The van der Waals surface area contributed by atoms with E-state index in [-0.39, 0.29) is 11.8 Å². The van der Waals surface area contributed by atoms with Crippen molar-refractivity contribution in [3.05, 3.63) is 77.2 Å². The van der Waals surface area contributed by atoms with Crippen LogP contribution in [0.1, 0.15) is 65.7 Å². The number of aryl methyl sites for hydroxylation is 1. The minimum atomic E-state index is -0.0612. The van der Waals surface area contributed by atoms with Gasteiger partial charge in [0.15, 0.2) is 5.82 Å². The molecule has 144 valence electrons. The number of nitrogens with zero attached hydrogens (tertiary/aromatic N) is 3. The zero-order valence-electron chi connectivity index (χ0n) is 16.4. The summed E-state index contributed by atoms with van der Waals surface area (Å²) >= 11 is 0. The Morgan fingerprint density at radius 3 is 2.82 bits per heavy atom. The second kappa shape index (κ2) is 7.97. The minimum Gasteiger partial charge on any atom is -0.351 e. The van der Waals surface area contributed by atoms with Crippen LogP contribution < -0.4 is 5.32 Å². The van der Waals surface area contributed by atoms with Crippen LogP contribution in [0.2, 0.25) is 0 Å². The molecule has 0 saturated carbocycles. The lowest BCUT2D eigenvalue weighted by Crippen LogP contribution is -2.30. The van der Waals surface area contributed by atoms with Crippen molar-refractivity contribution < 1.29 is 4.79 Å². The fourth-order valence-electron chi connectivity index (χ4n) is 4.13. The first-order valence-electron chi connectivity index (χ1n) is 10.0. The third-order valence-electron chi connectivity index (χ3n) is 5.47. The second-order valence-electron chi connectivity index (χ2n) is 7.70. The van der Waals surface area contributed by atoms with Crippen molar-refractivity contribution in [2.45, 2.75) is 44.9 Å². The topological polar surface area (TPSA) is 59.8 Å². The summed E-state index contributed by atoms with van der Waals surface area (Å²) in [5, 5.41) is 7.61. The number of rotatable bonds is 5. The van der Waals surface area contributed by atoms with Gasteiger partial charge in [0.2, 0.25) is 0 Å². The third kappa shape index (κ3) is 3.57. The molecule has 0 fully saturated rings. The molecule has 5 nitrogen and oxygen atoms in total. The van der Waals surface area contributed by atoms with Gasteiger partial charge in [-0.3, -0.25) is 4.79 Å². The Hall–Kier alpha value is -2.95. The Morgan fingerprint density at radius 1 is 1.21 bits per heavy atom. The first kappa shape index (κ1) is 18.4. The van der Waals surface area contributed by atoms with Crippen LogP contribution in [-0.2, 0) is 6.42 Å². The molecular weight excluding hydrogens is 348 g/mol. The monoisotopic (exact) mass is 374 g/mol. The van der Waals surface area contributed by atoms with Crippen LogP contribution in [0.3, 0.4) is 0 Å². The molecule has 0 bridgehead atoms. The fraction of sp³-hybridized carbons (Fsp3) is 0.348. The van der Waals surface area contributed by atoms with E-state index in [2.05, 4.69) is 53.5 Å². The molecule has 0 unspecified atom stereocenters. The van der Waals surface area contributed by atoms with Crippen LogP contribution in [0.25, 0.3) is 5.82 Å². The molecule has 2 aromatic heterocycles. The van der Waals surface area contributed by atoms with Gasteiger partial charge in [0.25, 0.3) is 5.91 Å². The van der Waals surface area contributed by atoms with Crippen LogP contribution in [0.5, 0.6) is 0 Å². The Kier molecular flexibility index (Phi) is 5.24. The van der Waals surface area contributed by atoms with E-state index in [1.807, 2.05) is 18.2 Å². The van der Waals surface area contributed by atoms with E-state index in [0.29, 0.717) is 18.0 Å². The molecule has 1 N–H and O–H groups in total. The highest BCUT2D eigenvalue weighted by molar-refractivity contribution is 5.95. The van der Waals surface area contributed by atoms with E-state index in [9.17, 15) is 4.79 Å². The van der Waals surface area contributed by atoms with E-state index in [1.165, 1.54) is 17.5 Å². The highest BCUT2D eigenvalue weighted by Crippen LogP contribution is 2.31. The maximum absolute atomic E-state index is 13.0. The minimum absolute atomic E-state index is 0.0612. The molecule has 4 rings (SSSR count). The zero-order chi connectivity index (χ0) is 19.5. The highest BCUT2D eigenvalue weighted by Gasteiger charge is 2.24. The maximum atomic E-state index is 13.0. The van der Waals surface area contributed by atoms with Gasteiger partial charge in [0, 0.05) is 18.7 Å². The molecule has 0 spiro atoms. The number of nitrogens with one attached hydrogen (secondary N) is 1. The van der Waals surface area contributed by atoms with Crippen molar-refractivity contribution in [1.82, 2.24) is 20.1 Å². The van der Waals surface area contributed by atoms with Crippen molar-refractivity contribution in [3.63, 3.8) is 0 Å². The summed E-state index contributed by atoms with van der Waals surface area (Å²) in [5.74, 6) is 1.20. The Bertz CT molecular complexity index is 962. The number of carbonyl (C=O) groups is 1. The lowest BCUT2D eigenvalue weighted by molar-refractivity contribution is 0.0949. The molecule has 0 saturated heterocycles. The van der Waals surface area contributed by atoms with Gasteiger partial charge in [-0.2, -0.15) is 5.10 Å². The standard InChI is InChI=1S/C23H26N4O/c1-16(2)22-20(15-26-27(22)21-12-5-6-13-24-21)23(28)25-14-18-10-7-9-17-8-3-4-11-19(17)18/h3-6,8,11-13,15-16,18H,7,9-10,14H2,1-2H3,(H,25,28)/t18-/m1/s1. The SMILES string of the molecule is CC(C)c1c(C(=O)NC[C@H]2CCCc3ccccc32)cnn1-c1ccccn1. The van der Waals surface area contributed by atoms with Crippen LogP contribution >= 0.6 is 0 Å². The van der Waals surface area contributed by atoms with Gasteiger partial charge in [-0.25, -0.2) is 9.67 Å². The zero-order valence-corrected chi connectivity index (χ0v) is 16.4. The lowest BCUT2D eigenvalue weighted by Gasteiger charge is -2.25. The number of fused-ring (bicyclic) bond motifs is 1. The predicted octanol–water partition coefficient (Wildman–Crippen LogP) is 4.24. The van der Waals surface area contributed by atoms with Gasteiger partial charge in [0.05, 0.1) is 17.5 Å². The van der Waals surface area contributed by atoms with E-state index in [1.54, 1.807) is 17.1 Å². The van der Waals surface area contributed by atoms with Gasteiger partial charge < -0.3 is 5.32 Å². The molecule has 0 aliphatic heterocycles. The van der Waals surface area contributed by atoms with Crippen molar-refractivity contribution in [3.8, 4) is 5.82 Å². The fourth-order valence-corrected chi connectivity index (χ4v) is 4.13. The van der Waals surface area contributed by atoms with E-state index >= 15 is 0 Å². The lowest BCUT2D eigenvalue weighted by atomic mass is 9.83. The summed E-state index contributed by atoms with van der Waals surface area (Å²) in [6.07, 6.45) is 6.82. The number of benzene rings is 1. The molecule has 1 amide bonds. The van der Waals surface area contributed by atoms with E-state index < -0.39 is 0 Å². The Morgan fingerprint density at radius 2 is 2.04 bits per heavy atom. The average molecular weight is 374 g/mol. The summed E-state index contributed by atoms with van der Waals surface area (Å²) < 4.78 is 1.77. The summed E-state index contributed by atoms with van der Waals surface area (Å²) in [7, 11) is 0. The second-order valence-corrected chi connectivity index (χ2v) is 7.70. The molecular formula is C23H26N4O. The largest absolute Gasteiger partial charge is 0.351 e. The number of hydrogen-bond acceptors (Lipinski definition) is 3. The van der Waals surface area contributed by atoms with Gasteiger partial charge in [-0.15, -0.1) is 0 Å². The van der Waals surface area contributed by atoms with Crippen LogP contribution in [0.4, 0.5) is 0 Å². The molecule has 28 heavy (non-hydrogen) atoms. The average Bonchev–Trinajstić information content (AvgIpc) is 3.18. The van der Waals surface area contributed by atoms with Crippen molar-refractivity contribution >= 4 is 5.91 Å². The Balaban J connectivity index is 1.54. The molecule has 1 atom stereocenters. The van der Waals surface area contributed by atoms with Crippen LogP contribution in [0.15, 0.2) is 54.9 Å². The normalized spacial score (nSPS) is 16.0. The van der Waals surface area contributed by atoms with Gasteiger partial charge in [-0.1, -0.05) is 44.2 Å². The molecule has 2 heterocycles. The number of aromatic nitrogens is 3. The molecule has 1 aliphatic rings. The number of pyridine rings is 1. The predicted molar refractivity (Wildman–Crippen MR) is 110 cm³/mol. The van der Waals surface area contributed by atoms with Gasteiger partial charge in [-0.05, 0) is 48.4 Å². The quantitative estimate of drug-likeness (QED) is 0.727. The molecule has 3 aromatic rings.